The van der Waals surface area contributed by atoms with Gasteiger partial charge in [-0.3, -0.25) is 9.78 Å². The van der Waals surface area contributed by atoms with Crippen molar-refractivity contribution in [2.24, 2.45) is 0 Å². The largest absolute Gasteiger partial charge is 0.481 e. The van der Waals surface area contributed by atoms with Crippen molar-refractivity contribution in [3.8, 4) is 5.75 Å². The highest BCUT2D eigenvalue weighted by Gasteiger charge is 2.06. The minimum atomic E-state index is -0.486. The molecule has 98 valence electrons. The van der Waals surface area contributed by atoms with Gasteiger partial charge in [0, 0.05) is 6.20 Å². The molecule has 2 aromatic rings. The van der Waals surface area contributed by atoms with E-state index in [1.807, 2.05) is 6.07 Å². The first-order chi connectivity index (χ1) is 9.25. The number of pyridine rings is 1. The smallest absolute Gasteiger partial charge is 0.258 e. The number of nitrogens with one attached hydrogen (secondary N) is 1. The van der Waals surface area contributed by atoms with Crippen LogP contribution >= 0.6 is 0 Å². The highest BCUT2D eigenvalue weighted by molar-refractivity contribution is 5.77. The van der Waals surface area contributed by atoms with Gasteiger partial charge in [-0.1, -0.05) is 18.2 Å². The van der Waals surface area contributed by atoms with Crippen molar-refractivity contribution in [1.29, 1.82) is 0 Å². The molecular weight excluding hydrogens is 247 g/mol. The van der Waals surface area contributed by atoms with Crippen molar-refractivity contribution in [3.63, 3.8) is 0 Å². The first kappa shape index (κ1) is 13.0. The number of carbonyl (C=O) groups is 1. The second-order valence-corrected chi connectivity index (χ2v) is 3.82. The fourth-order valence-electron chi connectivity index (χ4n) is 1.45. The molecule has 1 aromatic heterocycles. The van der Waals surface area contributed by atoms with Crippen LogP contribution in [0.15, 0.2) is 48.7 Å². The van der Waals surface area contributed by atoms with E-state index in [1.54, 1.807) is 30.5 Å². The number of amides is 1. The number of carbonyl (C=O) groups excluding carboxylic acids is 1. The Morgan fingerprint density at radius 2 is 2.00 bits per heavy atom. The van der Waals surface area contributed by atoms with E-state index in [0.717, 1.165) is 5.69 Å². The summed E-state index contributed by atoms with van der Waals surface area (Å²) in [5.41, 5.74) is 0.752. The van der Waals surface area contributed by atoms with Crippen LogP contribution in [0.4, 0.5) is 4.39 Å². The third-order valence-electron chi connectivity index (χ3n) is 2.39. The molecule has 0 aliphatic carbocycles. The number of halogens is 1. The molecule has 1 heterocycles. The molecule has 4 nitrogen and oxygen atoms in total. The summed E-state index contributed by atoms with van der Waals surface area (Å²) in [6, 6.07) is 11.4. The van der Waals surface area contributed by atoms with Crippen molar-refractivity contribution in [3.05, 3.63) is 60.2 Å². The maximum Gasteiger partial charge on any atom is 0.258 e. The summed E-state index contributed by atoms with van der Waals surface area (Å²) >= 11 is 0. The van der Waals surface area contributed by atoms with Crippen molar-refractivity contribution in [1.82, 2.24) is 10.3 Å². The number of aromatic nitrogens is 1. The zero-order valence-corrected chi connectivity index (χ0v) is 10.2. The summed E-state index contributed by atoms with van der Waals surface area (Å²) in [5.74, 6) is -0.746. The molecule has 0 radical (unpaired) electrons. The molecule has 2 rings (SSSR count). The molecule has 1 aromatic carbocycles. The van der Waals surface area contributed by atoms with Gasteiger partial charge < -0.3 is 10.1 Å². The van der Waals surface area contributed by atoms with Crippen LogP contribution in [0, 0.1) is 5.82 Å². The maximum atomic E-state index is 13.2. The molecule has 1 amide bonds. The fourth-order valence-corrected chi connectivity index (χ4v) is 1.45. The minimum absolute atomic E-state index is 0.0653. The van der Waals surface area contributed by atoms with E-state index in [2.05, 4.69) is 10.3 Å². The molecule has 19 heavy (non-hydrogen) atoms. The van der Waals surface area contributed by atoms with Crippen molar-refractivity contribution < 1.29 is 13.9 Å². The lowest BCUT2D eigenvalue weighted by molar-refractivity contribution is -0.123. The van der Waals surface area contributed by atoms with Crippen molar-refractivity contribution in [2.75, 3.05) is 6.61 Å². The van der Waals surface area contributed by atoms with Crippen LogP contribution in [-0.4, -0.2) is 17.5 Å². The average Bonchev–Trinajstić information content (AvgIpc) is 2.45. The average molecular weight is 260 g/mol. The summed E-state index contributed by atoms with van der Waals surface area (Å²) in [6.07, 6.45) is 1.65. The van der Waals surface area contributed by atoms with Crippen molar-refractivity contribution in [2.45, 2.75) is 6.54 Å². The zero-order valence-electron chi connectivity index (χ0n) is 10.2. The summed E-state index contributed by atoms with van der Waals surface area (Å²) in [5, 5.41) is 2.64. The topological polar surface area (TPSA) is 51.2 Å². The molecule has 0 aliphatic heterocycles. The van der Waals surface area contributed by atoms with E-state index in [1.165, 1.54) is 12.1 Å². The van der Waals surface area contributed by atoms with Crippen LogP contribution in [0.5, 0.6) is 5.75 Å². The lowest BCUT2D eigenvalue weighted by atomic mass is 10.3. The molecule has 0 atom stereocenters. The summed E-state index contributed by atoms with van der Waals surface area (Å²) in [4.78, 5) is 15.6. The minimum Gasteiger partial charge on any atom is -0.481 e. The Morgan fingerprint density at radius 1 is 1.21 bits per heavy atom. The Balaban J connectivity index is 1.78. The number of para-hydroxylation sites is 1. The second kappa shape index (κ2) is 6.49. The SMILES string of the molecule is O=C(COc1ccccc1F)NCc1ccccn1. The second-order valence-electron chi connectivity index (χ2n) is 3.82. The molecule has 0 fully saturated rings. The quantitative estimate of drug-likeness (QED) is 0.893. The third kappa shape index (κ3) is 4.06. The fraction of sp³-hybridized carbons (Fsp3) is 0.143. The van der Waals surface area contributed by atoms with Gasteiger partial charge in [-0.25, -0.2) is 4.39 Å². The molecule has 5 heteroatoms. The molecule has 0 saturated carbocycles. The molecule has 0 spiro atoms. The maximum absolute atomic E-state index is 13.2. The number of benzene rings is 1. The first-order valence-corrected chi connectivity index (χ1v) is 5.79. The lowest BCUT2D eigenvalue weighted by Crippen LogP contribution is -2.28. The van der Waals surface area contributed by atoms with Gasteiger partial charge in [0.2, 0.25) is 0 Å². The zero-order chi connectivity index (χ0) is 13.5. The van der Waals surface area contributed by atoms with Crippen LogP contribution < -0.4 is 10.1 Å². The highest BCUT2D eigenvalue weighted by atomic mass is 19.1. The van der Waals surface area contributed by atoms with E-state index < -0.39 is 5.82 Å². The summed E-state index contributed by atoms with van der Waals surface area (Å²) in [7, 11) is 0. The first-order valence-electron chi connectivity index (χ1n) is 5.79. The van der Waals surface area contributed by atoms with E-state index in [0.29, 0.717) is 6.54 Å². The molecule has 0 bridgehead atoms. The monoisotopic (exact) mass is 260 g/mol. The number of hydrogen-bond donors (Lipinski definition) is 1. The van der Waals surface area contributed by atoms with Gasteiger partial charge in [-0.05, 0) is 24.3 Å². The van der Waals surface area contributed by atoms with Gasteiger partial charge in [-0.15, -0.1) is 0 Å². The van der Waals surface area contributed by atoms with Crippen LogP contribution in [-0.2, 0) is 11.3 Å². The van der Waals surface area contributed by atoms with Gasteiger partial charge in [0.15, 0.2) is 18.2 Å². The van der Waals surface area contributed by atoms with Gasteiger partial charge in [0.25, 0.3) is 5.91 Å². The predicted molar refractivity (Wildman–Crippen MR) is 68.0 cm³/mol. The standard InChI is InChI=1S/C14H13FN2O2/c15-12-6-1-2-7-13(12)19-10-14(18)17-9-11-5-3-4-8-16-11/h1-8H,9-10H2,(H,17,18). The lowest BCUT2D eigenvalue weighted by Gasteiger charge is -2.07. The van der Waals surface area contributed by atoms with E-state index in [4.69, 9.17) is 4.74 Å². The Labute approximate surface area is 110 Å². The van der Waals surface area contributed by atoms with Crippen molar-refractivity contribution >= 4 is 5.91 Å². The molecule has 0 unspecified atom stereocenters. The van der Waals surface area contributed by atoms with Gasteiger partial charge in [0.1, 0.15) is 0 Å². The molecular formula is C14H13FN2O2. The van der Waals surface area contributed by atoms with Crippen LogP contribution in [0.3, 0.4) is 0 Å². The van der Waals surface area contributed by atoms with E-state index >= 15 is 0 Å². The Hall–Kier alpha value is -2.43. The number of hydrogen-bond acceptors (Lipinski definition) is 3. The normalized spacial score (nSPS) is 9.95. The van der Waals surface area contributed by atoms with Gasteiger partial charge >= 0.3 is 0 Å². The Morgan fingerprint density at radius 3 is 2.74 bits per heavy atom. The number of ether oxygens (including phenoxy) is 1. The molecule has 0 aliphatic rings. The molecule has 0 saturated heterocycles. The van der Waals surface area contributed by atoms with Gasteiger partial charge in [-0.2, -0.15) is 0 Å². The predicted octanol–water partition coefficient (Wildman–Crippen LogP) is 1.92. The summed E-state index contributed by atoms with van der Waals surface area (Å²) in [6.45, 7) is 0.0913. The number of rotatable bonds is 5. The Bertz CT molecular complexity index is 546. The summed E-state index contributed by atoms with van der Waals surface area (Å²) < 4.78 is 18.3. The van der Waals surface area contributed by atoms with Gasteiger partial charge in [0.05, 0.1) is 12.2 Å². The van der Waals surface area contributed by atoms with E-state index in [9.17, 15) is 9.18 Å². The Kier molecular flexibility index (Phi) is 4.44. The van der Waals surface area contributed by atoms with Crippen LogP contribution in [0.2, 0.25) is 0 Å². The highest BCUT2D eigenvalue weighted by Crippen LogP contribution is 2.14. The van der Waals surface area contributed by atoms with Crippen LogP contribution in [0.1, 0.15) is 5.69 Å². The third-order valence-corrected chi connectivity index (χ3v) is 2.39. The molecule has 1 N–H and O–H groups in total. The van der Waals surface area contributed by atoms with E-state index in [-0.39, 0.29) is 18.3 Å². The number of nitrogens with zero attached hydrogens (tertiary/aromatic N) is 1. The van der Waals surface area contributed by atoms with Crippen LogP contribution in [0.25, 0.3) is 0 Å².